The molecule has 2 atom stereocenters. The van der Waals surface area contributed by atoms with Crippen molar-refractivity contribution in [1.29, 1.82) is 0 Å². The highest BCUT2D eigenvalue weighted by molar-refractivity contribution is 7.87. The van der Waals surface area contributed by atoms with Crippen molar-refractivity contribution < 1.29 is 8.42 Å². The maximum atomic E-state index is 12.2. The van der Waals surface area contributed by atoms with Crippen molar-refractivity contribution >= 4 is 10.2 Å². The molecule has 0 saturated heterocycles. The monoisotopic (exact) mass is 282 g/mol. The van der Waals surface area contributed by atoms with Gasteiger partial charge < -0.3 is 0 Å². The highest BCUT2D eigenvalue weighted by atomic mass is 32.2. The summed E-state index contributed by atoms with van der Waals surface area (Å²) in [6.45, 7) is 2.57. The normalized spacial score (nSPS) is 23.9. The van der Waals surface area contributed by atoms with Crippen LogP contribution in [0.3, 0.4) is 0 Å². The fourth-order valence-corrected chi connectivity index (χ4v) is 3.67. The van der Waals surface area contributed by atoms with Crippen molar-refractivity contribution in [3.05, 3.63) is 35.9 Å². The summed E-state index contributed by atoms with van der Waals surface area (Å²) in [7, 11) is -1.76. The number of rotatable bonds is 5. The molecule has 19 heavy (non-hydrogen) atoms. The van der Waals surface area contributed by atoms with E-state index in [2.05, 4.69) is 11.6 Å². The van der Waals surface area contributed by atoms with Crippen LogP contribution >= 0.6 is 0 Å². The van der Waals surface area contributed by atoms with E-state index in [0.29, 0.717) is 12.5 Å². The van der Waals surface area contributed by atoms with E-state index in [-0.39, 0.29) is 6.04 Å². The van der Waals surface area contributed by atoms with Gasteiger partial charge in [0, 0.05) is 19.6 Å². The molecular formula is C14H22N2O2S. The van der Waals surface area contributed by atoms with Gasteiger partial charge in [0.2, 0.25) is 0 Å². The molecule has 106 valence electrons. The van der Waals surface area contributed by atoms with Crippen LogP contribution in [0.25, 0.3) is 0 Å². The van der Waals surface area contributed by atoms with E-state index >= 15 is 0 Å². The second-order valence-electron chi connectivity index (χ2n) is 5.48. The average molecular weight is 282 g/mol. The molecule has 0 aromatic heterocycles. The number of hydrogen-bond acceptors (Lipinski definition) is 2. The molecule has 2 rings (SSSR count). The highest BCUT2D eigenvalue weighted by Crippen LogP contribution is 2.25. The van der Waals surface area contributed by atoms with Crippen LogP contribution in [0, 0.1) is 5.92 Å². The van der Waals surface area contributed by atoms with Crippen LogP contribution in [-0.4, -0.2) is 25.8 Å². The van der Waals surface area contributed by atoms with Crippen molar-refractivity contribution in [2.24, 2.45) is 5.92 Å². The van der Waals surface area contributed by atoms with Gasteiger partial charge in [0.05, 0.1) is 0 Å². The zero-order chi connectivity index (χ0) is 13.9. The molecular weight excluding hydrogens is 260 g/mol. The fourth-order valence-electron chi connectivity index (χ4n) is 2.54. The van der Waals surface area contributed by atoms with E-state index in [0.717, 1.165) is 24.8 Å². The zero-order valence-corrected chi connectivity index (χ0v) is 12.4. The Labute approximate surface area is 116 Å². The number of nitrogens with zero attached hydrogens (tertiary/aromatic N) is 1. The van der Waals surface area contributed by atoms with Gasteiger partial charge in [-0.25, -0.2) is 0 Å². The molecule has 0 heterocycles. The lowest BCUT2D eigenvalue weighted by molar-refractivity contribution is 0.441. The van der Waals surface area contributed by atoms with Gasteiger partial charge in [-0.2, -0.15) is 17.4 Å². The van der Waals surface area contributed by atoms with Crippen LogP contribution in [0.1, 0.15) is 31.7 Å². The Morgan fingerprint density at radius 1 is 1.26 bits per heavy atom. The molecule has 0 aliphatic heterocycles. The largest absolute Gasteiger partial charge is 0.279 e. The van der Waals surface area contributed by atoms with Crippen LogP contribution in [0.4, 0.5) is 0 Å². The second-order valence-corrected chi connectivity index (χ2v) is 7.29. The smallest absolute Gasteiger partial charge is 0.199 e. The molecule has 1 aliphatic rings. The summed E-state index contributed by atoms with van der Waals surface area (Å²) >= 11 is 0. The van der Waals surface area contributed by atoms with E-state index in [1.165, 1.54) is 4.31 Å². The van der Waals surface area contributed by atoms with E-state index in [1.807, 2.05) is 30.3 Å². The zero-order valence-electron chi connectivity index (χ0n) is 11.5. The van der Waals surface area contributed by atoms with Crippen LogP contribution in [-0.2, 0) is 16.8 Å². The third kappa shape index (κ3) is 4.03. The lowest BCUT2D eigenvalue weighted by Crippen LogP contribution is -2.42. The average Bonchev–Trinajstić information content (AvgIpc) is 2.75. The lowest BCUT2D eigenvalue weighted by Gasteiger charge is -2.21. The first-order chi connectivity index (χ1) is 8.97. The highest BCUT2D eigenvalue weighted by Gasteiger charge is 2.27. The van der Waals surface area contributed by atoms with Gasteiger partial charge in [-0.15, -0.1) is 0 Å². The first-order valence-electron chi connectivity index (χ1n) is 6.75. The van der Waals surface area contributed by atoms with E-state index in [1.54, 1.807) is 7.05 Å². The third-order valence-electron chi connectivity index (χ3n) is 3.67. The number of hydrogen-bond donors (Lipinski definition) is 1. The minimum Gasteiger partial charge on any atom is -0.199 e. The van der Waals surface area contributed by atoms with Crippen LogP contribution in [0.15, 0.2) is 30.3 Å². The summed E-state index contributed by atoms with van der Waals surface area (Å²) in [5.41, 5.74) is 0.996. The van der Waals surface area contributed by atoms with E-state index in [4.69, 9.17) is 0 Å². The van der Waals surface area contributed by atoms with Crippen molar-refractivity contribution in [3.63, 3.8) is 0 Å². The second kappa shape index (κ2) is 6.03. The molecule has 1 aromatic carbocycles. The summed E-state index contributed by atoms with van der Waals surface area (Å²) in [4.78, 5) is 0. The fraction of sp³-hybridized carbons (Fsp3) is 0.571. The van der Waals surface area contributed by atoms with E-state index in [9.17, 15) is 8.42 Å². The Kier molecular flexibility index (Phi) is 4.60. The van der Waals surface area contributed by atoms with Gasteiger partial charge in [0.25, 0.3) is 10.2 Å². The lowest BCUT2D eigenvalue weighted by atomic mass is 10.1. The Hall–Kier alpha value is -0.910. The Balaban J connectivity index is 1.95. The molecule has 4 nitrogen and oxygen atoms in total. The first-order valence-corrected chi connectivity index (χ1v) is 8.19. The summed E-state index contributed by atoms with van der Waals surface area (Å²) in [6.07, 6.45) is 2.99. The minimum atomic E-state index is -3.38. The van der Waals surface area contributed by atoms with Crippen LogP contribution in [0.5, 0.6) is 0 Å². The predicted octanol–water partition coefficient (Wildman–Crippen LogP) is 2.14. The molecule has 1 aliphatic carbocycles. The van der Waals surface area contributed by atoms with Gasteiger partial charge in [0.15, 0.2) is 0 Å². The molecule has 0 radical (unpaired) electrons. The van der Waals surface area contributed by atoms with Crippen molar-refractivity contribution in [2.75, 3.05) is 7.05 Å². The summed E-state index contributed by atoms with van der Waals surface area (Å²) in [5.74, 6) is 0.618. The molecule has 1 N–H and O–H groups in total. The Bertz CT molecular complexity index is 501. The number of benzene rings is 1. The predicted molar refractivity (Wildman–Crippen MR) is 76.8 cm³/mol. The summed E-state index contributed by atoms with van der Waals surface area (Å²) in [6, 6.07) is 9.73. The molecule has 0 spiro atoms. The van der Waals surface area contributed by atoms with E-state index < -0.39 is 10.2 Å². The molecule has 0 bridgehead atoms. The SMILES string of the molecule is CC1CCC(NS(=O)(=O)N(C)Cc2ccccc2)C1. The minimum absolute atomic E-state index is 0.0956. The first kappa shape index (κ1) is 14.5. The van der Waals surface area contributed by atoms with Gasteiger partial charge in [-0.05, 0) is 30.7 Å². The molecule has 0 amide bonds. The van der Waals surface area contributed by atoms with Gasteiger partial charge in [0.1, 0.15) is 0 Å². The summed E-state index contributed by atoms with van der Waals surface area (Å²) < 4.78 is 28.6. The standard InChI is InChI=1S/C14H22N2O2S/c1-12-8-9-14(10-12)15-19(17,18)16(2)11-13-6-4-3-5-7-13/h3-7,12,14-15H,8-11H2,1-2H3. The third-order valence-corrected chi connectivity index (χ3v) is 5.25. The quantitative estimate of drug-likeness (QED) is 0.899. The molecule has 5 heteroatoms. The van der Waals surface area contributed by atoms with Gasteiger partial charge in [-0.3, -0.25) is 0 Å². The molecule has 1 fully saturated rings. The summed E-state index contributed by atoms with van der Waals surface area (Å²) in [5, 5.41) is 0. The Morgan fingerprint density at radius 2 is 1.95 bits per heavy atom. The van der Waals surface area contributed by atoms with Gasteiger partial charge in [-0.1, -0.05) is 37.3 Å². The van der Waals surface area contributed by atoms with Crippen LogP contribution < -0.4 is 4.72 Å². The molecule has 1 saturated carbocycles. The maximum absolute atomic E-state index is 12.2. The van der Waals surface area contributed by atoms with Crippen LogP contribution in [0.2, 0.25) is 0 Å². The van der Waals surface area contributed by atoms with Crippen molar-refractivity contribution in [1.82, 2.24) is 9.03 Å². The topological polar surface area (TPSA) is 49.4 Å². The van der Waals surface area contributed by atoms with Gasteiger partial charge >= 0.3 is 0 Å². The molecule has 1 aromatic rings. The molecule has 2 unspecified atom stereocenters. The van der Waals surface area contributed by atoms with Crippen molar-refractivity contribution in [2.45, 2.75) is 38.8 Å². The van der Waals surface area contributed by atoms with Crippen molar-refractivity contribution in [3.8, 4) is 0 Å². The Morgan fingerprint density at radius 3 is 2.53 bits per heavy atom. The maximum Gasteiger partial charge on any atom is 0.279 e. The number of nitrogens with one attached hydrogen (secondary N) is 1.